The Bertz CT molecular complexity index is 254. The Morgan fingerprint density at radius 3 is 2.50 bits per heavy atom. The highest BCUT2D eigenvalue weighted by Crippen LogP contribution is 2.12. The summed E-state index contributed by atoms with van der Waals surface area (Å²) < 4.78 is 0. The van der Waals surface area contributed by atoms with Crippen LogP contribution in [0, 0.1) is 0 Å². The number of piperazine rings is 1. The molecule has 1 aliphatic rings. The third-order valence-corrected chi connectivity index (χ3v) is 2.90. The molecule has 2 N–H and O–H groups in total. The minimum absolute atomic E-state index is 0.0662. The molecule has 4 nitrogen and oxygen atoms in total. The molecular formula is C12H26N4. The van der Waals surface area contributed by atoms with Crippen molar-refractivity contribution in [3.8, 4) is 0 Å². The van der Waals surface area contributed by atoms with Gasteiger partial charge in [0.2, 0.25) is 0 Å². The van der Waals surface area contributed by atoms with E-state index in [9.17, 15) is 0 Å². The number of rotatable bonds is 2. The Hall–Kier alpha value is -0.610. The smallest absolute Gasteiger partial charge is 0.0959 e. The second-order valence-electron chi connectivity index (χ2n) is 5.87. The highest BCUT2D eigenvalue weighted by molar-refractivity contribution is 5.81. The predicted molar refractivity (Wildman–Crippen MR) is 69.9 cm³/mol. The fraction of sp³-hybridized carbons (Fsp3) is 0.917. The molecule has 94 valence electrons. The predicted octanol–water partition coefficient (Wildman–Crippen LogP) is 0.778. The molecule has 4 heteroatoms. The van der Waals surface area contributed by atoms with Gasteiger partial charge < -0.3 is 15.5 Å². The summed E-state index contributed by atoms with van der Waals surface area (Å²) in [5.74, 6) is 0.777. The maximum absolute atomic E-state index is 6.00. The Balaban J connectivity index is 2.55. The van der Waals surface area contributed by atoms with Gasteiger partial charge in [0.05, 0.1) is 11.4 Å². The largest absolute Gasteiger partial charge is 0.387 e. The van der Waals surface area contributed by atoms with Crippen molar-refractivity contribution in [2.75, 3.05) is 33.7 Å². The van der Waals surface area contributed by atoms with Crippen molar-refractivity contribution < 1.29 is 0 Å². The molecule has 0 radical (unpaired) electrons. The SMILES string of the molecule is CN1CCN(C)C(CC(N)=NC(C)(C)C)C1. The van der Waals surface area contributed by atoms with E-state index in [0.717, 1.165) is 31.9 Å². The summed E-state index contributed by atoms with van der Waals surface area (Å²) in [5.41, 5.74) is 5.94. The molecule has 0 saturated carbocycles. The molecule has 0 aliphatic carbocycles. The normalized spacial score (nSPS) is 26.1. The summed E-state index contributed by atoms with van der Waals surface area (Å²) in [6.45, 7) is 9.58. The van der Waals surface area contributed by atoms with Crippen molar-refractivity contribution in [1.82, 2.24) is 9.80 Å². The van der Waals surface area contributed by atoms with Gasteiger partial charge >= 0.3 is 0 Å². The van der Waals surface area contributed by atoms with Crippen molar-refractivity contribution in [2.45, 2.75) is 38.8 Å². The number of amidine groups is 1. The molecule has 1 unspecified atom stereocenters. The maximum atomic E-state index is 6.00. The number of hydrogen-bond donors (Lipinski definition) is 1. The first kappa shape index (κ1) is 13.5. The van der Waals surface area contributed by atoms with Crippen LogP contribution in [0.3, 0.4) is 0 Å². The minimum atomic E-state index is -0.0662. The number of likely N-dealkylation sites (N-methyl/N-ethyl adjacent to an activating group) is 2. The first-order valence-electron chi connectivity index (χ1n) is 6.01. The molecule has 0 bridgehead atoms. The van der Waals surface area contributed by atoms with E-state index in [2.05, 4.69) is 49.7 Å². The van der Waals surface area contributed by atoms with Gasteiger partial charge in [-0.25, -0.2) is 0 Å². The van der Waals surface area contributed by atoms with E-state index < -0.39 is 0 Å². The molecule has 16 heavy (non-hydrogen) atoms. The minimum Gasteiger partial charge on any atom is -0.387 e. The first-order valence-corrected chi connectivity index (χ1v) is 6.01. The van der Waals surface area contributed by atoms with Crippen LogP contribution < -0.4 is 5.73 Å². The Morgan fingerprint density at radius 2 is 1.94 bits per heavy atom. The summed E-state index contributed by atoms with van der Waals surface area (Å²) in [5, 5.41) is 0. The topological polar surface area (TPSA) is 44.9 Å². The number of nitrogens with two attached hydrogens (primary N) is 1. The molecule has 0 aromatic heterocycles. The molecule has 1 fully saturated rings. The second-order valence-corrected chi connectivity index (χ2v) is 5.87. The van der Waals surface area contributed by atoms with Gasteiger partial charge in [-0.2, -0.15) is 0 Å². The van der Waals surface area contributed by atoms with Crippen molar-refractivity contribution in [3.05, 3.63) is 0 Å². The summed E-state index contributed by atoms with van der Waals surface area (Å²) in [6, 6.07) is 0.504. The van der Waals surface area contributed by atoms with E-state index in [4.69, 9.17) is 5.73 Å². The van der Waals surface area contributed by atoms with Crippen molar-refractivity contribution in [2.24, 2.45) is 10.7 Å². The molecule has 0 spiro atoms. The van der Waals surface area contributed by atoms with E-state index in [-0.39, 0.29) is 5.54 Å². The van der Waals surface area contributed by atoms with Gasteiger partial charge in [-0.05, 0) is 34.9 Å². The highest BCUT2D eigenvalue weighted by Gasteiger charge is 2.23. The summed E-state index contributed by atoms with van der Waals surface area (Å²) in [4.78, 5) is 9.25. The molecule has 0 aromatic rings. The number of aliphatic imine (C=N–C) groups is 1. The van der Waals surface area contributed by atoms with Gasteiger partial charge in [-0.3, -0.25) is 4.99 Å². The van der Waals surface area contributed by atoms with Gasteiger partial charge in [0.15, 0.2) is 0 Å². The van der Waals surface area contributed by atoms with Gasteiger partial charge in [-0.15, -0.1) is 0 Å². The lowest BCUT2D eigenvalue weighted by Gasteiger charge is -2.37. The van der Waals surface area contributed by atoms with Crippen LogP contribution in [0.5, 0.6) is 0 Å². The van der Waals surface area contributed by atoms with E-state index in [1.165, 1.54) is 0 Å². The Labute approximate surface area is 99.5 Å². The number of hydrogen-bond acceptors (Lipinski definition) is 3. The molecule has 1 saturated heterocycles. The number of nitrogens with zero attached hydrogens (tertiary/aromatic N) is 3. The quantitative estimate of drug-likeness (QED) is 0.559. The second kappa shape index (κ2) is 5.15. The summed E-state index contributed by atoms with van der Waals surface area (Å²) in [7, 11) is 4.33. The first-order chi connectivity index (χ1) is 7.28. The van der Waals surface area contributed by atoms with Gasteiger partial charge in [-0.1, -0.05) is 0 Å². The molecular weight excluding hydrogens is 200 g/mol. The zero-order chi connectivity index (χ0) is 12.3. The van der Waals surface area contributed by atoms with Crippen LogP contribution in [0.15, 0.2) is 4.99 Å². The average molecular weight is 226 g/mol. The fourth-order valence-electron chi connectivity index (χ4n) is 2.04. The monoisotopic (exact) mass is 226 g/mol. The van der Waals surface area contributed by atoms with Crippen LogP contribution in [0.2, 0.25) is 0 Å². The summed E-state index contributed by atoms with van der Waals surface area (Å²) in [6.07, 6.45) is 0.873. The highest BCUT2D eigenvalue weighted by atomic mass is 15.3. The molecule has 1 heterocycles. The van der Waals surface area contributed by atoms with Crippen LogP contribution in [-0.2, 0) is 0 Å². The molecule has 1 rings (SSSR count). The zero-order valence-corrected chi connectivity index (χ0v) is 11.3. The maximum Gasteiger partial charge on any atom is 0.0959 e. The van der Waals surface area contributed by atoms with E-state index in [0.29, 0.717) is 6.04 Å². The van der Waals surface area contributed by atoms with Crippen LogP contribution >= 0.6 is 0 Å². The van der Waals surface area contributed by atoms with Crippen molar-refractivity contribution >= 4 is 5.84 Å². The van der Waals surface area contributed by atoms with Gasteiger partial charge in [0.25, 0.3) is 0 Å². The van der Waals surface area contributed by atoms with Crippen LogP contribution in [0.4, 0.5) is 0 Å². The lowest BCUT2D eigenvalue weighted by Crippen LogP contribution is -2.51. The third kappa shape index (κ3) is 4.49. The third-order valence-electron chi connectivity index (χ3n) is 2.90. The summed E-state index contributed by atoms with van der Waals surface area (Å²) >= 11 is 0. The Kier molecular flexibility index (Phi) is 4.33. The lowest BCUT2D eigenvalue weighted by atomic mass is 10.1. The standard InChI is InChI=1S/C12H26N4/c1-12(2,3)14-11(13)8-10-9-15(4)6-7-16(10)5/h10H,6-9H2,1-5H3,(H2,13,14). The van der Waals surface area contributed by atoms with Gasteiger partial charge in [0.1, 0.15) is 0 Å². The fourth-order valence-corrected chi connectivity index (χ4v) is 2.04. The van der Waals surface area contributed by atoms with E-state index in [1.807, 2.05) is 0 Å². The van der Waals surface area contributed by atoms with E-state index >= 15 is 0 Å². The Morgan fingerprint density at radius 1 is 1.31 bits per heavy atom. The average Bonchev–Trinajstić information content (AvgIpc) is 2.08. The van der Waals surface area contributed by atoms with Crippen molar-refractivity contribution in [3.63, 3.8) is 0 Å². The van der Waals surface area contributed by atoms with Crippen molar-refractivity contribution in [1.29, 1.82) is 0 Å². The van der Waals surface area contributed by atoms with Crippen LogP contribution in [0.1, 0.15) is 27.2 Å². The van der Waals surface area contributed by atoms with Crippen LogP contribution in [0.25, 0.3) is 0 Å². The van der Waals surface area contributed by atoms with Gasteiger partial charge in [0, 0.05) is 32.1 Å². The molecule has 1 atom stereocenters. The molecule has 0 amide bonds. The zero-order valence-electron chi connectivity index (χ0n) is 11.3. The molecule has 1 aliphatic heterocycles. The molecule has 0 aromatic carbocycles. The van der Waals surface area contributed by atoms with E-state index in [1.54, 1.807) is 0 Å². The lowest BCUT2D eigenvalue weighted by molar-refractivity contribution is 0.118. The van der Waals surface area contributed by atoms with Crippen LogP contribution in [-0.4, -0.2) is 60.9 Å².